The lowest BCUT2D eigenvalue weighted by molar-refractivity contribution is 0.0956. The maximum atomic E-state index is 12.1. The molecule has 1 aliphatic heterocycles. The summed E-state index contributed by atoms with van der Waals surface area (Å²) in [5.41, 5.74) is 3.40. The number of hydrogen-bond acceptors (Lipinski definition) is 4. The first kappa shape index (κ1) is 14.5. The molecule has 3 rings (SSSR count). The fraction of sp³-hybridized carbons (Fsp3) is 0.438. The number of rotatable bonds is 4. The van der Waals surface area contributed by atoms with E-state index in [2.05, 4.69) is 29.4 Å². The van der Waals surface area contributed by atoms with Crippen LogP contribution in [0.25, 0.3) is 10.1 Å². The molecular weight excluding hydrogens is 282 g/mol. The quantitative estimate of drug-likeness (QED) is 0.519. The largest absolute Gasteiger partial charge is 0.299 e. The van der Waals surface area contributed by atoms with Gasteiger partial charge in [-0.05, 0) is 35.9 Å². The Morgan fingerprint density at radius 3 is 3.00 bits per heavy atom. The van der Waals surface area contributed by atoms with Gasteiger partial charge in [0.2, 0.25) is 0 Å². The molecule has 0 aliphatic carbocycles. The first-order valence-corrected chi connectivity index (χ1v) is 8.28. The van der Waals surface area contributed by atoms with Crippen LogP contribution in [-0.2, 0) is 6.54 Å². The molecule has 2 aromatic rings. The van der Waals surface area contributed by atoms with Crippen LogP contribution < -0.4 is 11.3 Å². The Kier molecular flexibility index (Phi) is 4.24. The van der Waals surface area contributed by atoms with Crippen LogP contribution in [0.2, 0.25) is 0 Å². The summed E-state index contributed by atoms with van der Waals surface area (Å²) in [6, 6.07) is 8.20. The van der Waals surface area contributed by atoms with Gasteiger partial charge < -0.3 is 0 Å². The number of hydrazine groups is 1. The molecule has 21 heavy (non-hydrogen) atoms. The van der Waals surface area contributed by atoms with Crippen molar-refractivity contribution in [2.45, 2.75) is 26.3 Å². The van der Waals surface area contributed by atoms with Crippen LogP contribution in [0.3, 0.4) is 0 Å². The summed E-state index contributed by atoms with van der Waals surface area (Å²) in [6.07, 6.45) is 2.49. The van der Waals surface area contributed by atoms with Gasteiger partial charge in [0, 0.05) is 17.8 Å². The SMILES string of the molecule is CCC1CCN(Cc2c(C(=O)NN)sc3ccccc23)C1. The minimum atomic E-state index is -0.183. The van der Waals surface area contributed by atoms with Gasteiger partial charge >= 0.3 is 0 Å². The molecule has 0 radical (unpaired) electrons. The minimum Gasteiger partial charge on any atom is -0.299 e. The third-order valence-electron chi connectivity index (χ3n) is 4.36. The van der Waals surface area contributed by atoms with Crippen LogP contribution in [0, 0.1) is 5.92 Å². The van der Waals surface area contributed by atoms with Crippen LogP contribution >= 0.6 is 11.3 Å². The first-order valence-electron chi connectivity index (χ1n) is 7.46. The van der Waals surface area contributed by atoms with E-state index in [0.717, 1.165) is 40.7 Å². The third-order valence-corrected chi connectivity index (χ3v) is 5.58. The molecule has 1 saturated heterocycles. The number of benzene rings is 1. The van der Waals surface area contributed by atoms with Crippen molar-refractivity contribution < 1.29 is 4.79 Å². The average Bonchev–Trinajstić information content (AvgIpc) is 3.12. The number of likely N-dealkylation sites (tertiary alicyclic amines) is 1. The highest BCUT2D eigenvalue weighted by Gasteiger charge is 2.24. The number of hydrogen-bond donors (Lipinski definition) is 2. The van der Waals surface area contributed by atoms with E-state index in [-0.39, 0.29) is 5.91 Å². The lowest BCUT2D eigenvalue weighted by Crippen LogP contribution is -2.30. The summed E-state index contributed by atoms with van der Waals surface area (Å²) < 4.78 is 1.15. The molecule has 1 atom stereocenters. The Morgan fingerprint density at radius 1 is 1.48 bits per heavy atom. The van der Waals surface area contributed by atoms with E-state index in [1.807, 2.05) is 12.1 Å². The maximum absolute atomic E-state index is 12.1. The van der Waals surface area contributed by atoms with Gasteiger partial charge in [-0.15, -0.1) is 11.3 Å². The average molecular weight is 303 g/mol. The van der Waals surface area contributed by atoms with E-state index in [9.17, 15) is 4.79 Å². The third kappa shape index (κ3) is 2.81. The predicted octanol–water partition coefficient (Wildman–Crippen LogP) is 2.74. The van der Waals surface area contributed by atoms with E-state index in [1.54, 1.807) is 0 Å². The number of fused-ring (bicyclic) bond motifs is 1. The normalized spacial score (nSPS) is 19.2. The fourth-order valence-electron chi connectivity index (χ4n) is 3.12. The number of nitrogens with zero attached hydrogens (tertiary/aromatic N) is 1. The second-order valence-corrected chi connectivity index (χ2v) is 6.73. The predicted molar refractivity (Wildman–Crippen MR) is 87.2 cm³/mol. The minimum absolute atomic E-state index is 0.183. The number of amides is 1. The second-order valence-electron chi connectivity index (χ2n) is 5.68. The lowest BCUT2D eigenvalue weighted by Gasteiger charge is -2.16. The smallest absolute Gasteiger partial charge is 0.275 e. The topological polar surface area (TPSA) is 58.4 Å². The van der Waals surface area contributed by atoms with Gasteiger partial charge in [0.1, 0.15) is 0 Å². The molecule has 1 fully saturated rings. The van der Waals surface area contributed by atoms with E-state index < -0.39 is 0 Å². The van der Waals surface area contributed by atoms with E-state index in [1.165, 1.54) is 29.6 Å². The molecular formula is C16H21N3OS. The Labute approximate surface area is 128 Å². The molecule has 4 nitrogen and oxygen atoms in total. The highest BCUT2D eigenvalue weighted by atomic mass is 32.1. The molecule has 112 valence electrons. The number of nitrogen functional groups attached to an aromatic ring is 1. The van der Waals surface area contributed by atoms with Crippen molar-refractivity contribution in [3.8, 4) is 0 Å². The van der Waals surface area contributed by atoms with Crippen LogP contribution in [0.15, 0.2) is 24.3 Å². The number of nitrogens with two attached hydrogens (primary N) is 1. The molecule has 1 aromatic heterocycles. The zero-order valence-electron chi connectivity index (χ0n) is 12.3. The Hall–Kier alpha value is -1.43. The summed E-state index contributed by atoms with van der Waals surface area (Å²) in [4.78, 5) is 15.3. The van der Waals surface area contributed by atoms with Gasteiger partial charge in [-0.2, -0.15) is 0 Å². The monoisotopic (exact) mass is 303 g/mol. The van der Waals surface area contributed by atoms with Crippen molar-refractivity contribution in [3.63, 3.8) is 0 Å². The molecule has 5 heteroatoms. The van der Waals surface area contributed by atoms with Crippen LogP contribution in [0.1, 0.15) is 35.0 Å². The Balaban J connectivity index is 1.94. The van der Waals surface area contributed by atoms with Gasteiger partial charge in [-0.1, -0.05) is 31.5 Å². The maximum Gasteiger partial charge on any atom is 0.275 e. The summed E-state index contributed by atoms with van der Waals surface area (Å²) in [7, 11) is 0. The molecule has 1 aromatic carbocycles. The molecule has 1 unspecified atom stereocenters. The number of carbonyl (C=O) groups is 1. The van der Waals surface area contributed by atoms with Gasteiger partial charge in [-0.25, -0.2) is 5.84 Å². The first-order chi connectivity index (χ1) is 10.2. The standard InChI is InChI=1S/C16H21N3OS/c1-2-11-7-8-19(9-11)10-13-12-5-3-4-6-14(12)21-15(13)16(20)18-17/h3-6,11H,2,7-10,17H2,1H3,(H,18,20). The summed E-state index contributed by atoms with van der Waals surface area (Å²) in [5.74, 6) is 5.95. The molecule has 3 N–H and O–H groups in total. The van der Waals surface area contributed by atoms with Crippen molar-refractivity contribution >= 4 is 27.3 Å². The highest BCUT2D eigenvalue weighted by Crippen LogP contribution is 2.33. The number of thiophene rings is 1. The number of carbonyl (C=O) groups excluding carboxylic acids is 1. The lowest BCUT2D eigenvalue weighted by atomic mass is 10.1. The van der Waals surface area contributed by atoms with Crippen molar-refractivity contribution in [2.75, 3.05) is 13.1 Å². The van der Waals surface area contributed by atoms with Gasteiger partial charge in [0.05, 0.1) is 4.88 Å². The molecule has 1 amide bonds. The van der Waals surface area contributed by atoms with E-state index >= 15 is 0 Å². The Morgan fingerprint density at radius 2 is 2.29 bits per heavy atom. The summed E-state index contributed by atoms with van der Waals surface area (Å²) in [6.45, 7) is 5.33. The summed E-state index contributed by atoms with van der Waals surface area (Å²) in [5, 5.41) is 1.18. The van der Waals surface area contributed by atoms with Gasteiger partial charge in [0.25, 0.3) is 5.91 Å². The van der Waals surface area contributed by atoms with Crippen LogP contribution in [-0.4, -0.2) is 23.9 Å². The van der Waals surface area contributed by atoms with Crippen LogP contribution in [0.5, 0.6) is 0 Å². The van der Waals surface area contributed by atoms with Crippen molar-refractivity contribution in [2.24, 2.45) is 11.8 Å². The molecule has 0 bridgehead atoms. The highest BCUT2D eigenvalue weighted by molar-refractivity contribution is 7.21. The molecule has 0 saturated carbocycles. The van der Waals surface area contributed by atoms with E-state index in [4.69, 9.17) is 5.84 Å². The van der Waals surface area contributed by atoms with Gasteiger partial charge in [-0.3, -0.25) is 15.1 Å². The van der Waals surface area contributed by atoms with Crippen molar-refractivity contribution in [1.82, 2.24) is 10.3 Å². The Bertz CT molecular complexity index is 652. The molecule has 0 spiro atoms. The number of nitrogens with one attached hydrogen (secondary N) is 1. The van der Waals surface area contributed by atoms with Gasteiger partial charge in [0.15, 0.2) is 0 Å². The second kappa shape index (κ2) is 6.13. The van der Waals surface area contributed by atoms with Crippen molar-refractivity contribution in [1.29, 1.82) is 0 Å². The van der Waals surface area contributed by atoms with Crippen LogP contribution in [0.4, 0.5) is 0 Å². The van der Waals surface area contributed by atoms with E-state index in [0.29, 0.717) is 0 Å². The zero-order valence-corrected chi connectivity index (χ0v) is 13.1. The summed E-state index contributed by atoms with van der Waals surface area (Å²) >= 11 is 1.53. The van der Waals surface area contributed by atoms with Crippen molar-refractivity contribution in [3.05, 3.63) is 34.7 Å². The molecule has 2 heterocycles. The molecule has 1 aliphatic rings. The fourth-order valence-corrected chi connectivity index (χ4v) is 4.24. The zero-order chi connectivity index (χ0) is 14.8.